The zero-order valence-corrected chi connectivity index (χ0v) is 20.2. The largest absolute Gasteiger partial charge is 0.497 e. The second-order valence-corrected chi connectivity index (χ2v) is 9.22. The third kappa shape index (κ3) is 5.56. The van der Waals surface area contributed by atoms with Crippen molar-refractivity contribution in [2.45, 2.75) is 33.5 Å². The highest BCUT2D eigenvalue weighted by molar-refractivity contribution is 5.99. The number of amides is 2. The molecule has 1 N–H and O–H groups in total. The molecule has 1 aromatic heterocycles. The molecule has 8 nitrogen and oxygen atoms in total. The second-order valence-electron chi connectivity index (χ2n) is 9.22. The van der Waals surface area contributed by atoms with Crippen LogP contribution >= 0.6 is 0 Å². The maximum Gasteiger partial charge on any atom is 0.254 e. The average molecular weight is 465 g/mol. The molecule has 1 aliphatic rings. The Kier molecular flexibility index (Phi) is 7.17. The van der Waals surface area contributed by atoms with Crippen LogP contribution in [-0.2, 0) is 16.1 Å². The monoisotopic (exact) mass is 464 g/mol. The number of aryl methyl sites for hydroxylation is 1. The molecule has 3 aromatic rings. The van der Waals surface area contributed by atoms with Gasteiger partial charge in [-0.15, -0.1) is 0 Å². The summed E-state index contributed by atoms with van der Waals surface area (Å²) in [5, 5.41) is 0. The number of imidazole rings is 1. The molecule has 8 heteroatoms. The van der Waals surface area contributed by atoms with Crippen molar-refractivity contribution >= 4 is 22.8 Å². The van der Waals surface area contributed by atoms with E-state index in [4.69, 9.17) is 9.47 Å². The number of nitrogens with zero attached hydrogens (tertiary/aromatic N) is 3. The molecule has 34 heavy (non-hydrogen) atoms. The topological polar surface area (TPSA) is 87.8 Å². The van der Waals surface area contributed by atoms with E-state index in [0.717, 1.165) is 28.2 Å². The van der Waals surface area contributed by atoms with E-state index in [-0.39, 0.29) is 24.5 Å². The molecule has 0 bridgehead atoms. The maximum absolute atomic E-state index is 13.4. The van der Waals surface area contributed by atoms with Gasteiger partial charge in [-0.25, -0.2) is 4.98 Å². The SMILES string of the molecule is COc1cccc(CO[C@@H]2CN(CC(C)C)C(=O)CN(C(=O)c3ccc4nc(C)[nH]c4c3)C2)c1. The summed E-state index contributed by atoms with van der Waals surface area (Å²) in [6.07, 6.45) is -0.307. The highest BCUT2D eigenvalue weighted by atomic mass is 16.5. The molecule has 2 aromatic carbocycles. The molecule has 2 heterocycles. The number of ether oxygens (including phenoxy) is 2. The number of fused-ring (bicyclic) bond motifs is 1. The highest BCUT2D eigenvalue weighted by Gasteiger charge is 2.31. The Morgan fingerprint density at radius 2 is 2.03 bits per heavy atom. The van der Waals surface area contributed by atoms with Gasteiger partial charge in [-0.1, -0.05) is 26.0 Å². The van der Waals surface area contributed by atoms with Crippen molar-refractivity contribution in [2.24, 2.45) is 5.92 Å². The fourth-order valence-electron chi connectivity index (χ4n) is 4.29. The van der Waals surface area contributed by atoms with Crippen LogP contribution in [0.25, 0.3) is 11.0 Å². The molecule has 180 valence electrons. The Hall–Kier alpha value is -3.39. The summed E-state index contributed by atoms with van der Waals surface area (Å²) in [6, 6.07) is 13.1. The Morgan fingerprint density at radius 3 is 2.79 bits per heavy atom. The first kappa shape index (κ1) is 23.8. The zero-order chi connectivity index (χ0) is 24.2. The van der Waals surface area contributed by atoms with Gasteiger partial charge in [0.05, 0.1) is 30.9 Å². The summed E-state index contributed by atoms with van der Waals surface area (Å²) in [4.78, 5) is 37.5. The molecule has 1 fully saturated rings. The molecule has 4 rings (SSSR count). The predicted molar refractivity (Wildman–Crippen MR) is 130 cm³/mol. The van der Waals surface area contributed by atoms with Crippen LogP contribution in [-0.4, -0.2) is 71.0 Å². The molecule has 1 aliphatic heterocycles. The van der Waals surface area contributed by atoms with Crippen molar-refractivity contribution in [2.75, 3.05) is 33.3 Å². The Balaban J connectivity index is 1.54. The number of carbonyl (C=O) groups is 2. The first-order chi connectivity index (χ1) is 16.3. The van der Waals surface area contributed by atoms with Crippen molar-refractivity contribution in [3.05, 3.63) is 59.4 Å². The Bertz CT molecular complexity index is 1170. The van der Waals surface area contributed by atoms with Crippen LogP contribution in [0.5, 0.6) is 5.75 Å². The molecule has 0 radical (unpaired) electrons. The van der Waals surface area contributed by atoms with Gasteiger partial charge < -0.3 is 24.3 Å². The van der Waals surface area contributed by atoms with Gasteiger partial charge in [-0.05, 0) is 48.7 Å². The molecule has 1 saturated heterocycles. The molecule has 2 amide bonds. The lowest BCUT2D eigenvalue weighted by Gasteiger charge is -2.26. The third-order valence-corrected chi connectivity index (χ3v) is 5.87. The average Bonchev–Trinajstić information content (AvgIpc) is 3.12. The Labute approximate surface area is 199 Å². The summed E-state index contributed by atoms with van der Waals surface area (Å²) in [7, 11) is 1.63. The van der Waals surface area contributed by atoms with Crippen LogP contribution < -0.4 is 4.74 Å². The number of aromatic amines is 1. The van der Waals surface area contributed by atoms with Crippen molar-refractivity contribution in [1.82, 2.24) is 19.8 Å². The number of benzene rings is 2. The number of rotatable bonds is 7. The predicted octanol–water partition coefficient (Wildman–Crippen LogP) is 3.41. The summed E-state index contributed by atoms with van der Waals surface area (Å²) < 4.78 is 11.5. The van der Waals surface area contributed by atoms with Gasteiger partial charge in [0.25, 0.3) is 5.91 Å². The molecule has 1 atom stereocenters. The van der Waals surface area contributed by atoms with E-state index >= 15 is 0 Å². The minimum Gasteiger partial charge on any atom is -0.497 e. The number of methoxy groups -OCH3 is 1. The van der Waals surface area contributed by atoms with Gasteiger partial charge in [0.2, 0.25) is 5.91 Å². The normalized spacial score (nSPS) is 16.9. The van der Waals surface area contributed by atoms with Crippen LogP contribution in [0.2, 0.25) is 0 Å². The summed E-state index contributed by atoms with van der Waals surface area (Å²) in [5.74, 6) is 1.62. The number of hydrogen-bond acceptors (Lipinski definition) is 5. The van der Waals surface area contributed by atoms with E-state index in [1.807, 2.05) is 42.2 Å². The molecule has 0 aliphatic carbocycles. The van der Waals surface area contributed by atoms with Crippen molar-refractivity contribution in [3.63, 3.8) is 0 Å². The number of aromatic nitrogens is 2. The van der Waals surface area contributed by atoms with E-state index in [9.17, 15) is 9.59 Å². The second kappa shape index (κ2) is 10.3. The van der Waals surface area contributed by atoms with Crippen LogP contribution in [0.1, 0.15) is 35.6 Å². The number of H-pyrrole nitrogens is 1. The zero-order valence-electron chi connectivity index (χ0n) is 20.2. The van der Waals surface area contributed by atoms with Crippen LogP contribution in [0, 0.1) is 12.8 Å². The van der Waals surface area contributed by atoms with Crippen molar-refractivity contribution < 1.29 is 19.1 Å². The van der Waals surface area contributed by atoms with E-state index < -0.39 is 0 Å². The van der Waals surface area contributed by atoms with Gasteiger partial charge >= 0.3 is 0 Å². The lowest BCUT2D eigenvalue weighted by atomic mass is 10.1. The van der Waals surface area contributed by atoms with Crippen LogP contribution in [0.4, 0.5) is 0 Å². The van der Waals surface area contributed by atoms with Gasteiger partial charge in [0.15, 0.2) is 0 Å². The standard InChI is InChI=1S/C26H32N4O4/c1-17(2)12-29-13-22(34-16-19-6-5-7-21(10-19)33-4)14-30(15-25(29)31)26(32)20-8-9-23-24(11-20)28-18(3)27-23/h5-11,17,22H,12-16H2,1-4H3,(H,27,28)/t22-/m1/s1. The lowest BCUT2D eigenvalue weighted by molar-refractivity contribution is -0.132. The molecule has 0 spiro atoms. The lowest BCUT2D eigenvalue weighted by Crippen LogP contribution is -2.40. The molecular weight excluding hydrogens is 432 g/mol. The maximum atomic E-state index is 13.4. The summed E-state index contributed by atoms with van der Waals surface area (Å²) in [6.45, 7) is 7.84. The first-order valence-electron chi connectivity index (χ1n) is 11.6. The summed E-state index contributed by atoms with van der Waals surface area (Å²) >= 11 is 0. The fraction of sp³-hybridized carbons (Fsp3) is 0.423. The molecular formula is C26H32N4O4. The molecule has 0 saturated carbocycles. The smallest absolute Gasteiger partial charge is 0.254 e. The van der Waals surface area contributed by atoms with Crippen molar-refractivity contribution in [3.8, 4) is 5.75 Å². The number of hydrogen-bond donors (Lipinski definition) is 1. The molecule has 0 unspecified atom stereocenters. The number of carbonyl (C=O) groups excluding carboxylic acids is 2. The van der Waals surface area contributed by atoms with Crippen LogP contribution in [0.3, 0.4) is 0 Å². The minimum absolute atomic E-state index is 0.0324. The Morgan fingerprint density at radius 1 is 1.21 bits per heavy atom. The van der Waals surface area contributed by atoms with Gasteiger partial charge in [-0.2, -0.15) is 0 Å². The van der Waals surface area contributed by atoms with E-state index in [0.29, 0.717) is 37.7 Å². The fourth-order valence-corrected chi connectivity index (χ4v) is 4.29. The van der Waals surface area contributed by atoms with E-state index in [1.165, 1.54) is 0 Å². The first-order valence-corrected chi connectivity index (χ1v) is 11.6. The van der Waals surface area contributed by atoms with Crippen LogP contribution in [0.15, 0.2) is 42.5 Å². The van der Waals surface area contributed by atoms with Gasteiger partial charge in [0, 0.05) is 25.2 Å². The van der Waals surface area contributed by atoms with Gasteiger partial charge in [-0.3, -0.25) is 9.59 Å². The summed E-state index contributed by atoms with van der Waals surface area (Å²) in [5.41, 5.74) is 3.11. The van der Waals surface area contributed by atoms with E-state index in [2.05, 4.69) is 23.8 Å². The van der Waals surface area contributed by atoms with E-state index in [1.54, 1.807) is 24.1 Å². The quantitative estimate of drug-likeness (QED) is 0.579. The van der Waals surface area contributed by atoms with Crippen molar-refractivity contribution in [1.29, 1.82) is 0 Å². The third-order valence-electron chi connectivity index (χ3n) is 5.87. The minimum atomic E-state index is -0.307. The number of nitrogens with one attached hydrogen (secondary N) is 1. The van der Waals surface area contributed by atoms with Gasteiger partial charge in [0.1, 0.15) is 18.1 Å². The highest BCUT2D eigenvalue weighted by Crippen LogP contribution is 2.19.